The number of hydrogen-bond acceptors (Lipinski definition) is 7. The molecule has 9 nitrogen and oxygen atoms in total. The number of sulfone groups is 1. The van der Waals surface area contributed by atoms with Crippen LogP contribution in [0.4, 0.5) is 11.4 Å². The van der Waals surface area contributed by atoms with Gasteiger partial charge in [-0.25, -0.2) is 8.42 Å². The molecular formula is C31H28ClN2O7S2-. The van der Waals surface area contributed by atoms with Crippen LogP contribution in [0.1, 0.15) is 19.3 Å². The minimum atomic E-state index is -3.49. The van der Waals surface area contributed by atoms with Gasteiger partial charge in [0, 0.05) is 40.3 Å². The summed E-state index contributed by atoms with van der Waals surface area (Å²) in [5, 5.41) is 2.01. The van der Waals surface area contributed by atoms with E-state index < -0.39 is 44.9 Å². The fourth-order valence-electron chi connectivity index (χ4n) is 5.63. The Labute approximate surface area is 257 Å². The highest BCUT2D eigenvalue weighted by atomic mass is 35.5. The number of hydrogen-bond donors (Lipinski definition) is 0. The number of carbonyl (C=O) groups is 2. The van der Waals surface area contributed by atoms with Gasteiger partial charge in [0.1, 0.15) is 5.54 Å². The zero-order valence-electron chi connectivity index (χ0n) is 23.4. The molecule has 0 aliphatic carbocycles. The van der Waals surface area contributed by atoms with E-state index in [0.717, 1.165) is 15.9 Å². The monoisotopic (exact) mass is 639 g/mol. The molecule has 0 spiro atoms. The van der Waals surface area contributed by atoms with E-state index >= 15 is 0 Å². The van der Waals surface area contributed by atoms with Gasteiger partial charge in [0.2, 0.25) is 0 Å². The van der Waals surface area contributed by atoms with E-state index in [1.165, 1.54) is 18.1 Å². The molecule has 0 bridgehead atoms. The Morgan fingerprint density at radius 3 is 2.40 bits per heavy atom. The second-order valence-electron chi connectivity index (χ2n) is 10.3. The van der Waals surface area contributed by atoms with Crippen LogP contribution in [0.2, 0.25) is 5.02 Å². The van der Waals surface area contributed by atoms with Crippen molar-refractivity contribution >= 4 is 66.7 Å². The number of rotatable bonds is 8. The fraction of sp³-hybridized carbons (Fsp3) is 0.226. The molecule has 1 saturated heterocycles. The van der Waals surface area contributed by atoms with E-state index in [0.29, 0.717) is 33.6 Å². The molecule has 0 radical (unpaired) electrons. The number of nitrogens with zero attached hydrogens (tertiary/aromatic N) is 2. The SMILES string of the molecule is COC(=O)CC1(N(c2ccc3cc(Cl)ccc3c2)S(=O)[O-])CCCN(c2ccc(-c3ccccc3S(C)(=O)=O)cc2)C1=O. The summed E-state index contributed by atoms with van der Waals surface area (Å²) in [6.07, 6.45) is 1.14. The van der Waals surface area contributed by atoms with E-state index in [-0.39, 0.29) is 23.5 Å². The number of esters is 1. The van der Waals surface area contributed by atoms with Crippen LogP contribution in [0.25, 0.3) is 21.9 Å². The third kappa shape index (κ3) is 6.03. The Hall–Kier alpha value is -3.77. The first-order chi connectivity index (χ1) is 20.4. The molecule has 1 heterocycles. The lowest BCUT2D eigenvalue weighted by atomic mass is 9.83. The molecule has 2 unspecified atom stereocenters. The first-order valence-electron chi connectivity index (χ1n) is 13.3. The van der Waals surface area contributed by atoms with Gasteiger partial charge >= 0.3 is 5.97 Å². The van der Waals surface area contributed by atoms with Crippen molar-refractivity contribution in [1.29, 1.82) is 0 Å². The highest BCUT2D eigenvalue weighted by molar-refractivity contribution is 7.90. The summed E-state index contributed by atoms with van der Waals surface area (Å²) in [6, 6.07) is 23.5. The Morgan fingerprint density at radius 2 is 1.72 bits per heavy atom. The smallest absolute Gasteiger partial charge is 0.308 e. The van der Waals surface area contributed by atoms with Crippen molar-refractivity contribution in [3.05, 3.63) is 90.0 Å². The number of benzene rings is 4. The van der Waals surface area contributed by atoms with Crippen molar-refractivity contribution in [1.82, 2.24) is 0 Å². The van der Waals surface area contributed by atoms with Gasteiger partial charge in [0.05, 0.1) is 24.1 Å². The van der Waals surface area contributed by atoms with Gasteiger partial charge in [-0.3, -0.25) is 18.1 Å². The minimum Gasteiger partial charge on any atom is -0.755 e. The Morgan fingerprint density at radius 1 is 1.05 bits per heavy atom. The molecule has 224 valence electrons. The van der Waals surface area contributed by atoms with Crippen LogP contribution in [0.3, 0.4) is 0 Å². The first-order valence-corrected chi connectivity index (χ1v) is 16.6. The number of carbonyl (C=O) groups excluding carboxylic acids is 2. The van der Waals surface area contributed by atoms with Crippen molar-refractivity contribution in [2.24, 2.45) is 0 Å². The second kappa shape index (κ2) is 12.1. The van der Waals surface area contributed by atoms with Crippen molar-refractivity contribution in [3.8, 4) is 11.1 Å². The highest BCUT2D eigenvalue weighted by Crippen LogP contribution is 2.40. The number of halogens is 1. The molecule has 0 N–H and O–H groups in total. The Kier molecular flexibility index (Phi) is 8.62. The predicted molar refractivity (Wildman–Crippen MR) is 166 cm³/mol. The summed E-state index contributed by atoms with van der Waals surface area (Å²) in [4.78, 5) is 28.7. The van der Waals surface area contributed by atoms with Crippen LogP contribution in [0, 0.1) is 0 Å². The second-order valence-corrected chi connectivity index (χ2v) is 13.6. The lowest BCUT2D eigenvalue weighted by Crippen LogP contribution is -2.64. The third-order valence-corrected chi connectivity index (χ3v) is 9.86. The highest BCUT2D eigenvalue weighted by Gasteiger charge is 2.51. The molecule has 2 atom stereocenters. The van der Waals surface area contributed by atoms with Crippen LogP contribution in [0.5, 0.6) is 0 Å². The van der Waals surface area contributed by atoms with Gasteiger partial charge in [-0.05, 0) is 71.6 Å². The molecule has 4 aromatic carbocycles. The van der Waals surface area contributed by atoms with Gasteiger partial charge in [-0.2, -0.15) is 0 Å². The Balaban J connectivity index is 1.57. The molecule has 1 amide bonds. The number of piperidine rings is 1. The zero-order valence-corrected chi connectivity index (χ0v) is 25.7. The molecule has 12 heteroatoms. The normalized spacial score (nSPS) is 18.0. The maximum absolute atomic E-state index is 14.4. The van der Waals surface area contributed by atoms with Gasteiger partial charge in [-0.15, -0.1) is 0 Å². The maximum Gasteiger partial charge on any atom is 0.308 e. The van der Waals surface area contributed by atoms with Crippen LogP contribution in [-0.4, -0.2) is 54.5 Å². The summed E-state index contributed by atoms with van der Waals surface area (Å²) < 4.78 is 56.4. The van der Waals surface area contributed by atoms with Crippen LogP contribution < -0.4 is 9.21 Å². The van der Waals surface area contributed by atoms with Crippen LogP contribution in [-0.2, 0) is 35.4 Å². The molecule has 43 heavy (non-hydrogen) atoms. The number of anilines is 2. The topological polar surface area (TPSA) is 124 Å². The summed E-state index contributed by atoms with van der Waals surface area (Å²) in [6.45, 7) is 0.288. The van der Waals surface area contributed by atoms with E-state index in [1.807, 2.05) is 0 Å². The number of amides is 1. The van der Waals surface area contributed by atoms with E-state index in [9.17, 15) is 26.8 Å². The van der Waals surface area contributed by atoms with Crippen molar-refractivity contribution in [2.45, 2.75) is 29.7 Å². The zero-order chi connectivity index (χ0) is 30.9. The molecule has 0 saturated carbocycles. The number of ether oxygens (including phenoxy) is 1. The lowest BCUT2D eigenvalue weighted by molar-refractivity contribution is -0.144. The van der Waals surface area contributed by atoms with Gasteiger partial charge in [0.15, 0.2) is 9.84 Å². The lowest BCUT2D eigenvalue weighted by Gasteiger charge is -2.49. The molecule has 1 fully saturated rings. The average Bonchev–Trinajstić information content (AvgIpc) is 2.98. The van der Waals surface area contributed by atoms with Crippen molar-refractivity contribution in [3.63, 3.8) is 0 Å². The standard InChI is InChI=1S/C31H29ClN2O7S2/c1-41-29(35)20-31(34(42(37)38)26-15-11-22-18-24(32)12-8-23(22)19-26)16-5-17-33(30(31)36)25-13-9-21(10-14-25)27-6-3-4-7-28(27)43(2,39)40/h3-4,6-15,18-19H,5,16-17,20H2,1-2H3,(H,37,38)/p-1. The third-order valence-electron chi connectivity index (χ3n) is 7.61. The number of methoxy groups -OCH3 is 1. The number of fused-ring (bicyclic) bond motifs is 1. The molecule has 4 aromatic rings. The van der Waals surface area contributed by atoms with Crippen LogP contribution >= 0.6 is 11.6 Å². The largest absolute Gasteiger partial charge is 0.755 e. The van der Waals surface area contributed by atoms with E-state index in [4.69, 9.17) is 16.3 Å². The first kappa shape index (κ1) is 30.7. The van der Waals surface area contributed by atoms with Crippen LogP contribution in [0.15, 0.2) is 89.8 Å². The maximum atomic E-state index is 14.4. The average molecular weight is 640 g/mol. The summed E-state index contributed by atoms with van der Waals surface area (Å²) in [5.41, 5.74) is 0.0552. The Bertz CT molecular complexity index is 1850. The summed E-state index contributed by atoms with van der Waals surface area (Å²) >= 11 is 3.17. The quantitative estimate of drug-likeness (QED) is 0.189. The van der Waals surface area contributed by atoms with Gasteiger partial charge in [-0.1, -0.05) is 54.1 Å². The van der Waals surface area contributed by atoms with E-state index in [1.54, 1.807) is 78.9 Å². The van der Waals surface area contributed by atoms with Gasteiger partial charge < -0.3 is 14.2 Å². The minimum absolute atomic E-state index is 0.0872. The molecule has 1 aliphatic heterocycles. The fourth-order valence-corrected chi connectivity index (χ4v) is 7.52. The van der Waals surface area contributed by atoms with Crippen molar-refractivity contribution in [2.75, 3.05) is 29.1 Å². The van der Waals surface area contributed by atoms with E-state index in [2.05, 4.69) is 0 Å². The van der Waals surface area contributed by atoms with Crippen molar-refractivity contribution < 1.29 is 31.5 Å². The molecule has 5 rings (SSSR count). The summed E-state index contributed by atoms with van der Waals surface area (Å²) in [5.74, 6) is -1.31. The molecular weight excluding hydrogens is 612 g/mol. The molecule has 0 aromatic heterocycles. The van der Waals surface area contributed by atoms with Gasteiger partial charge in [0.25, 0.3) is 5.91 Å². The molecule has 1 aliphatic rings. The predicted octanol–water partition coefficient (Wildman–Crippen LogP) is 5.29. The summed E-state index contributed by atoms with van der Waals surface area (Å²) in [7, 11) is -2.30.